The second kappa shape index (κ2) is 6.86. The lowest BCUT2D eigenvalue weighted by atomic mass is 9.92. The number of nitrogens with one attached hydrogen (secondary N) is 1. The molecule has 0 fully saturated rings. The maximum absolute atomic E-state index is 14.4. The highest BCUT2D eigenvalue weighted by Gasteiger charge is 2.33. The lowest BCUT2D eigenvalue weighted by Gasteiger charge is -2.14. The number of benzene rings is 2. The Morgan fingerprint density at radius 2 is 1.80 bits per heavy atom. The van der Waals surface area contributed by atoms with Crippen molar-refractivity contribution in [3.05, 3.63) is 54.0 Å². The van der Waals surface area contributed by atoms with Crippen LogP contribution in [-0.2, 0) is 5.41 Å². The van der Waals surface area contributed by atoms with E-state index in [4.69, 9.17) is 4.52 Å². The first-order valence-corrected chi connectivity index (χ1v) is 9.03. The molecule has 2 aromatic heterocycles. The highest BCUT2D eigenvalue weighted by Crippen LogP contribution is 2.37. The predicted octanol–water partition coefficient (Wildman–Crippen LogP) is 6.22. The van der Waals surface area contributed by atoms with Crippen LogP contribution in [0.25, 0.3) is 33.7 Å². The van der Waals surface area contributed by atoms with E-state index in [0.29, 0.717) is 22.6 Å². The molecule has 0 aliphatic carbocycles. The van der Waals surface area contributed by atoms with Crippen LogP contribution in [0.15, 0.2) is 47.0 Å². The summed E-state index contributed by atoms with van der Waals surface area (Å²) in [4.78, 5) is 7.47. The third kappa shape index (κ3) is 3.87. The van der Waals surface area contributed by atoms with Gasteiger partial charge in [0.25, 0.3) is 0 Å². The van der Waals surface area contributed by atoms with Gasteiger partial charge < -0.3 is 14.2 Å². The van der Waals surface area contributed by atoms with Gasteiger partial charge in [-0.05, 0) is 29.8 Å². The van der Waals surface area contributed by atoms with Crippen LogP contribution in [0.3, 0.4) is 0 Å². The third-order valence-corrected chi connectivity index (χ3v) is 4.48. The van der Waals surface area contributed by atoms with Gasteiger partial charge in [0, 0.05) is 11.5 Å². The van der Waals surface area contributed by atoms with Gasteiger partial charge in [-0.2, -0.15) is 0 Å². The SMILES string of the molecule is CC(C)(C)c1cc(-c2nc3ccc(-c4c(F)cccc4OC(F)(F)F)cc3[nH]2)on1. The van der Waals surface area contributed by atoms with Gasteiger partial charge in [0.2, 0.25) is 5.76 Å². The second-order valence-corrected chi connectivity index (χ2v) is 7.80. The van der Waals surface area contributed by atoms with Crippen molar-refractivity contribution < 1.29 is 26.8 Å². The number of H-pyrrole nitrogens is 1. The Hall–Kier alpha value is -3.36. The molecule has 0 aliphatic rings. The maximum atomic E-state index is 14.4. The fourth-order valence-electron chi connectivity index (χ4n) is 3.02. The lowest BCUT2D eigenvalue weighted by Crippen LogP contribution is -2.17. The molecule has 0 spiro atoms. The average Bonchev–Trinajstić information content (AvgIpc) is 3.26. The maximum Gasteiger partial charge on any atom is 0.573 e. The molecule has 4 aromatic rings. The topological polar surface area (TPSA) is 63.9 Å². The number of alkyl halides is 3. The minimum Gasteiger partial charge on any atom is -0.405 e. The molecule has 0 amide bonds. The van der Waals surface area contributed by atoms with Crippen molar-refractivity contribution in [3.8, 4) is 28.5 Å². The number of aromatic amines is 1. The number of aromatic nitrogens is 3. The zero-order chi connectivity index (χ0) is 21.7. The van der Waals surface area contributed by atoms with E-state index in [1.807, 2.05) is 20.8 Å². The molecule has 30 heavy (non-hydrogen) atoms. The molecule has 0 saturated carbocycles. The minimum atomic E-state index is -4.94. The molecule has 5 nitrogen and oxygen atoms in total. The van der Waals surface area contributed by atoms with Crippen molar-refractivity contribution in [2.75, 3.05) is 0 Å². The van der Waals surface area contributed by atoms with Gasteiger partial charge in [-0.15, -0.1) is 13.2 Å². The zero-order valence-corrected chi connectivity index (χ0v) is 16.3. The van der Waals surface area contributed by atoms with Gasteiger partial charge in [-0.3, -0.25) is 0 Å². The smallest absolute Gasteiger partial charge is 0.405 e. The molecule has 4 rings (SSSR count). The van der Waals surface area contributed by atoms with Crippen molar-refractivity contribution in [2.24, 2.45) is 0 Å². The molecule has 0 saturated heterocycles. The van der Waals surface area contributed by atoms with Crippen LogP contribution >= 0.6 is 0 Å². The first kappa shape index (κ1) is 19.9. The molecular formula is C21H17F4N3O2. The van der Waals surface area contributed by atoms with E-state index in [0.717, 1.165) is 23.9 Å². The predicted molar refractivity (Wildman–Crippen MR) is 102 cm³/mol. The Morgan fingerprint density at radius 1 is 1.03 bits per heavy atom. The standard InChI is InChI=1S/C21H17F4N3O2/c1-20(2,3)17-10-16(30-28-17)19-26-13-8-7-11(9-14(13)27-19)18-12(22)5-4-6-15(18)29-21(23,24)25/h4-10H,1-3H3,(H,26,27). The molecule has 2 aromatic carbocycles. The number of halogens is 4. The fraction of sp³-hybridized carbons (Fsp3) is 0.238. The summed E-state index contributed by atoms with van der Waals surface area (Å²) in [6, 6.07) is 9.63. The Morgan fingerprint density at radius 3 is 2.47 bits per heavy atom. The van der Waals surface area contributed by atoms with Gasteiger partial charge in [0.15, 0.2) is 5.82 Å². The second-order valence-electron chi connectivity index (χ2n) is 7.80. The van der Waals surface area contributed by atoms with E-state index < -0.39 is 17.9 Å². The zero-order valence-electron chi connectivity index (χ0n) is 16.3. The van der Waals surface area contributed by atoms with E-state index in [1.54, 1.807) is 12.1 Å². The van der Waals surface area contributed by atoms with E-state index >= 15 is 0 Å². The van der Waals surface area contributed by atoms with Crippen LogP contribution in [0, 0.1) is 5.82 Å². The van der Waals surface area contributed by atoms with E-state index in [-0.39, 0.29) is 16.5 Å². The molecule has 9 heteroatoms. The molecular weight excluding hydrogens is 402 g/mol. The molecule has 0 radical (unpaired) electrons. The van der Waals surface area contributed by atoms with E-state index in [2.05, 4.69) is 19.9 Å². The number of fused-ring (bicyclic) bond motifs is 1. The molecule has 0 atom stereocenters. The van der Waals surface area contributed by atoms with Crippen LogP contribution in [0.4, 0.5) is 17.6 Å². The Labute approximate surface area is 168 Å². The monoisotopic (exact) mass is 419 g/mol. The summed E-state index contributed by atoms with van der Waals surface area (Å²) in [7, 11) is 0. The van der Waals surface area contributed by atoms with Crippen molar-refractivity contribution in [1.82, 2.24) is 15.1 Å². The van der Waals surface area contributed by atoms with Crippen LogP contribution in [-0.4, -0.2) is 21.5 Å². The third-order valence-electron chi connectivity index (χ3n) is 4.48. The lowest BCUT2D eigenvalue weighted by molar-refractivity contribution is -0.274. The normalized spacial score (nSPS) is 12.5. The average molecular weight is 419 g/mol. The molecule has 0 aliphatic heterocycles. The Bertz CT molecular complexity index is 1220. The van der Waals surface area contributed by atoms with Gasteiger partial charge in [0.05, 0.1) is 22.3 Å². The van der Waals surface area contributed by atoms with Crippen molar-refractivity contribution in [3.63, 3.8) is 0 Å². The van der Waals surface area contributed by atoms with Crippen molar-refractivity contribution in [2.45, 2.75) is 32.5 Å². The first-order valence-electron chi connectivity index (χ1n) is 9.03. The number of hydrogen-bond donors (Lipinski definition) is 1. The first-order chi connectivity index (χ1) is 14.0. The number of hydrogen-bond acceptors (Lipinski definition) is 4. The summed E-state index contributed by atoms with van der Waals surface area (Å²) in [6.07, 6.45) is -4.94. The number of ether oxygens (including phenoxy) is 1. The molecule has 1 N–H and O–H groups in total. The largest absolute Gasteiger partial charge is 0.573 e. The van der Waals surface area contributed by atoms with E-state index in [1.165, 1.54) is 12.1 Å². The summed E-state index contributed by atoms with van der Waals surface area (Å²) < 4.78 is 61.9. The van der Waals surface area contributed by atoms with Gasteiger partial charge >= 0.3 is 6.36 Å². The summed E-state index contributed by atoms with van der Waals surface area (Å²) >= 11 is 0. The van der Waals surface area contributed by atoms with E-state index in [9.17, 15) is 17.6 Å². The van der Waals surface area contributed by atoms with Crippen LogP contribution < -0.4 is 4.74 Å². The fourth-order valence-corrected chi connectivity index (χ4v) is 3.02. The van der Waals surface area contributed by atoms with Crippen molar-refractivity contribution in [1.29, 1.82) is 0 Å². The summed E-state index contributed by atoms with van der Waals surface area (Å²) in [5, 5.41) is 4.05. The number of imidazole rings is 1. The van der Waals surface area contributed by atoms with Crippen LogP contribution in [0.2, 0.25) is 0 Å². The van der Waals surface area contributed by atoms with Crippen LogP contribution in [0.1, 0.15) is 26.5 Å². The molecule has 0 unspecified atom stereocenters. The number of rotatable bonds is 3. The quantitative estimate of drug-likeness (QED) is 0.401. The molecule has 0 bridgehead atoms. The van der Waals surface area contributed by atoms with Crippen LogP contribution in [0.5, 0.6) is 5.75 Å². The summed E-state index contributed by atoms with van der Waals surface area (Å²) in [5.74, 6) is -0.623. The molecule has 156 valence electrons. The Kier molecular flexibility index (Phi) is 4.56. The Balaban J connectivity index is 1.76. The summed E-state index contributed by atoms with van der Waals surface area (Å²) in [6.45, 7) is 5.98. The van der Waals surface area contributed by atoms with Crippen molar-refractivity contribution >= 4 is 11.0 Å². The highest BCUT2D eigenvalue weighted by molar-refractivity contribution is 5.85. The highest BCUT2D eigenvalue weighted by atomic mass is 19.4. The molecule has 2 heterocycles. The van der Waals surface area contributed by atoms with Gasteiger partial charge in [0.1, 0.15) is 11.6 Å². The minimum absolute atomic E-state index is 0.208. The van der Waals surface area contributed by atoms with Gasteiger partial charge in [-0.25, -0.2) is 9.37 Å². The number of nitrogens with zero attached hydrogens (tertiary/aromatic N) is 2. The van der Waals surface area contributed by atoms with Gasteiger partial charge in [-0.1, -0.05) is 38.1 Å². The summed E-state index contributed by atoms with van der Waals surface area (Å²) in [5.41, 5.74) is 1.50.